The summed E-state index contributed by atoms with van der Waals surface area (Å²) in [5.41, 5.74) is -10.8. The summed E-state index contributed by atoms with van der Waals surface area (Å²) in [6.45, 7) is 2.19. The second-order valence-electron chi connectivity index (χ2n) is 6.84. The van der Waals surface area contributed by atoms with Crippen molar-refractivity contribution >= 4 is 5.97 Å². The van der Waals surface area contributed by atoms with Crippen LogP contribution in [0.3, 0.4) is 0 Å². The fourth-order valence-electron chi connectivity index (χ4n) is 3.57. The van der Waals surface area contributed by atoms with Gasteiger partial charge in [0, 0.05) is 11.8 Å². The third kappa shape index (κ3) is 4.58. The lowest BCUT2D eigenvalue weighted by atomic mass is 9.67. The number of hydrogen-bond acceptors (Lipinski definition) is 3. The van der Waals surface area contributed by atoms with E-state index in [2.05, 4.69) is 11.3 Å². The fourth-order valence-corrected chi connectivity index (χ4v) is 3.57. The molecule has 1 fully saturated rings. The largest absolute Gasteiger partial charge is 0.437 e. The van der Waals surface area contributed by atoms with Crippen LogP contribution in [0, 0.1) is 11.8 Å². The number of carbonyl (C=O) groups is 1. The molecule has 1 N–H and O–H groups in total. The van der Waals surface area contributed by atoms with E-state index in [0.29, 0.717) is 0 Å². The monoisotopic (exact) mass is 488 g/mol. The Kier molecular flexibility index (Phi) is 7.04. The Labute approximate surface area is 164 Å². The predicted molar refractivity (Wildman–Crippen MR) is 73.7 cm³/mol. The van der Waals surface area contributed by atoms with Crippen molar-refractivity contribution in [3.63, 3.8) is 0 Å². The third-order valence-corrected chi connectivity index (χ3v) is 5.07. The van der Waals surface area contributed by atoms with Crippen LogP contribution in [-0.2, 0) is 9.53 Å². The lowest BCUT2D eigenvalue weighted by molar-refractivity contribution is -0.399. The average molecular weight is 488 g/mol. The molecule has 0 spiro atoms. The number of aliphatic hydroxyl groups is 1. The van der Waals surface area contributed by atoms with Gasteiger partial charge >= 0.3 is 36.3 Å². The Balaban J connectivity index is 3.41. The maximum Gasteiger partial charge on any atom is 0.437 e. The molecule has 1 aliphatic carbocycles. The van der Waals surface area contributed by atoms with Gasteiger partial charge in [-0.05, 0) is 25.7 Å². The molecule has 1 saturated carbocycles. The Morgan fingerprint density at radius 2 is 1.03 bits per heavy atom. The normalized spacial score (nSPS) is 22.3. The van der Waals surface area contributed by atoms with Crippen molar-refractivity contribution < 1.29 is 71.7 Å². The molecule has 0 aromatic carbocycles. The first kappa shape index (κ1) is 27.3. The van der Waals surface area contributed by atoms with E-state index in [9.17, 15) is 67.0 Å². The van der Waals surface area contributed by atoms with Crippen molar-refractivity contribution in [3.05, 3.63) is 12.4 Å². The maximum atomic E-state index is 13.4. The molecule has 1 rings (SSSR count). The summed E-state index contributed by atoms with van der Waals surface area (Å²) in [5.74, 6) is -10.9. The van der Waals surface area contributed by atoms with Crippen molar-refractivity contribution in [1.29, 1.82) is 0 Å². The molecule has 0 saturated heterocycles. The van der Waals surface area contributed by atoms with Crippen LogP contribution < -0.4 is 0 Å². The van der Waals surface area contributed by atoms with Gasteiger partial charge in [0.25, 0.3) is 5.60 Å². The molecule has 3 nitrogen and oxygen atoms in total. The molecule has 31 heavy (non-hydrogen) atoms. The summed E-state index contributed by atoms with van der Waals surface area (Å²) in [6.07, 6.45) is -32.1. The summed E-state index contributed by atoms with van der Waals surface area (Å²) in [5, 5.41) is 9.30. The Morgan fingerprint density at radius 3 is 1.29 bits per heavy atom. The summed E-state index contributed by atoms with van der Waals surface area (Å²) in [4.78, 5) is 11.1. The molecule has 0 aromatic heterocycles. The molecule has 0 bridgehead atoms. The summed E-state index contributed by atoms with van der Waals surface area (Å²) in [6, 6.07) is 0. The Bertz CT molecular complexity index is 650. The number of esters is 1. The van der Waals surface area contributed by atoms with Crippen LogP contribution in [-0.4, -0.2) is 47.0 Å². The number of carbonyl (C=O) groups excluding carboxylic acids is 1. The number of hydrogen-bond donors (Lipinski definition) is 1. The zero-order chi connectivity index (χ0) is 24.8. The summed E-state index contributed by atoms with van der Waals surface area (Å²) >= 11 is 0. The molecular weight excluding hydrogens is 475 g/mol. The van der Waals surface area contributed by atoms with Gasteiger partial charge < -0.3 is 9.84 Å². The molecule has 0 aromatic rings. The van der Waals surface area contributed by atoms with Gasteiger partial charge in [0.15, 0.2) is 0 Å². The van der Waals surface area contributed by atoms with Gasteiger partial charge in [0.2, 0.25) is 5.83 Å². The van der Waals surface area contributed by atoms with E-state index >= 15 is 0 Å². The van der Waals surface area contributed by atoms with Crippen LogP contribution in [0.4, 0.5) is 57.1 Å². The molecule has 0 amide bonds. The number of rotatable bonds is 4. The second-order valence-corrected chi connectivity index (χ2v) is 6.84. The highest BCUT2D eigenvalue weighted by Gasteiger charge is 2.79. The SMILES string of the molecule is C=C(F)C(=O)OC(C1CCC(C(O)(C(F)(F)F)C(F)(F)F)CC1)(C(F)(F)F)C(F)(F)F. The lowest BCUT2D eigenvalue weighted by Gasteiger charge is -2.47. The molecule has 0 heterocycles. The maximum absolute atomic E-state index is 13.4. The zero-order valence-corrected chi connectivity index (χ0v) is 14.9. The minimum Gasteiger partial charge on any atom is -0.434 e. The highest BCUT2D eigenvalue weighted by molar-refractivity contribution is 5.85. The predicted octanol–water partition coefficient (Wildman–Crippen LogP) is 5.54. The van der Waals surface area contributed by atoms with E-state index in [1.165, 1.54) is 0 Å². The van der Waals surface area contributed by atoms with Crippen molar-refractivity contribution in [2.75, 3.05) is 0 Å². The van der Waals surface area contributed by atoms with Crippen molar-refractivity contribution in [3.8, 4) is 0 Å². The third-order valence-electron chi connectivity index (χ3n) is 5.07. The molecule has 16 heteroatoms. The van der Waals surface area contributed by atoms with Gasteiger partial charge in [-0.15, -0.1) is 0 Å². The van der Waals surface area contributed by atoms with E-state index in [-0.39, 0.29) is 0 Å². The summed E-state index contributed by atoms with van der Waals surface area (Å²) < 4.78 is 174. The van der Waals surface area contributed by atoms with Crippen LogP contribution in [0.15, 0.2) is 12.4 Å². The van der Waals surface area contributed by atoms with Crippen molar-refractivity contribution in [1.82, 2.24) is 0 Å². The summed E-state index contributed by atoms with van der Waals surface area (Å²) in [7, 11) is 0. The van der Waals surface area contributed by atoms with Gasteiger partial charge in [0.1, 0.15) is 0 Å². The fraction of sp³-hybridized carbons (Fsp3) is 0.800. The highest BCUT2D eigenvalue weighted by Crippen LogP contribution is 2.58. The molecular formula is C15H13F13O3. The van der Waals surface area contributed by atoms with E-state index in [4.69, 9.17) is 0 Å². The standard InChI is InChI=1S/C15H13F13O3/c1-6(16)9(29)31-11(14(23,24)25,15(26,27)28)8-4-2-7(3-5-8)10(30,12(17,18)19)13(20,21)22/h7-8,30H,1-5H2. The Morgan fingerprint density at radius 1 is 0.710 bits per heavy atom. The number of alkyl halides is 12. The highest BCUT2D eigenvalue weighted by atomic mass is 19.4. The van der Waals surface area contributed by atoms with Crippen LogP contribution in [0.2, 0.25) is 0 Å². The average Bonchev–Trinajstić information content (AvgIpc) is 2.54. The van der Waals surface area contributed by atoms with Gasteiger partial charge in [0.05, 0.1) is 0 Å². The zero-order valence-electron chi connectivity index (χ0n) is 14.9. The van der Waals surface area contributed by atoms with Crippen molar-refractivity contribution in [2.45, 2.75) is 61.6 Å². The smallest absolute Gasteiger partial charge is 0.434 e. The molecule has 0 radical (unpaired) electrons. The first-order valence-electron chi connectivity index (χ1n) is 8.11. The Hall–Kier alpha value is -1.74. The number of halogens is 13. The van der Waals surface area contributed by atoms with Crippen LogP contribution in [0.1, 0.15) is 25.7 Å². The molecule has 0 aliphatic heterocycles. The van der Waals surface area contributed by atoms with Gasteiger partial charge in [-0.1, -0.05) is 6.58 Å². The molecule has 1 aliphatic rings. The van der Waals surface area contributed by atoms with Crippen LogP contribution in [0.5, 0.6) is 0 Å². The number of ether oxygens (including phenoxy) is 1. The first-order chi connectivity index (χ1) is 13.5. The minimum absolute atomic E-state index is 1.60. The molecule has 0 unspecified atom stereocenters. The van der Waals surface area contributed by atoms with E-state index in [0.717, 1.165) is 0 Å². The lowest BCUT2D eigenvalue weighted by Crippen LogP contribution is -2.66. The molecule has 0 atom stereocenters. The van der Waals surface area contributed by atoms with Crippen LogP contribution >= 0.6 is 0 Å². The van der Waals surface area contributed by atoms with Crippen LogP contribution in [0.25, 0.3) is 0 Å². The second kappa shape index (κ2) is 7.99. The van der Waals surface area contributed by atoms with E-state index < -0.39 is 85.2 Å². The van der Waals surface area contributed by atoms with Crippen molar-refractivity contribution in [2.24, 2.45) is 11.8 Å². The quantitative estimate of drug-likeness (QED) is 0.321. The van der Waals surface area contributed by atoms with Gasteiger partial charge in [-0.2, -0.15) is 57.1 Å². The molecule has 182 valence electrons. The van der Waals surface area contributed by atoms with E-state index in [1.54, 1.807) is 0 Å². The minimum atomic E-state index is -6.47. The van der Waals surface area contributed by atoms with E-state index in [1.807, 2.05) is 0 Å². The topological polar surface area (TPSA) is 46.5 Å². The first-order valence-corrected chi connectivity index (χ1v) is 8.11. The van der Waals surface area contributed by atoms with Gasteiger partial charge in [-0.3, -0.25) is 0 Å². The van der Waals surface area contributed by atoms with Gasteiger partial charge in [-0.25, -0.2) is 4.79 Å².